The number of rotatable bonds is 11. The maximum Gasteiger partial charge on any atom is 0.410 e. The van der Waals surface area contributed by atoms with E-state index in [1.807, 2.05) is 85.1 Å². The van der Waals surface area contributed by atoms with E-state index >= 15 is 0 Å². The number of hydrogen-bond donors (Lipinski definition) is 3. The Labute approximate surface area is 254 Å². The van der Waals surface area contributed by atoms with Gasteiger partial charge < -0.3 is 30.1 Å². The van der Waals surface area contributed by atoms with Crippen LogP contribution in [0.1, 0.15) is 34.8 Å². The second-order valence-electron chi connectivity index (χ2n) is 10.1. The van der Waals surface area contributed by atoms with Crippen LogP contribution >= 0.6 is 11.3 Å². The Morgan fingerprint density at radius 2 is 1.79 bits per heavy atom. The third-order valence-electron chi connectivity index (χ3n) is 6.96. The zero-order chi connectivity index (χ0) is 30.8. The van der Waals surface area contributed by atoms with Crippen molar-refractivity contribution in [1.29, 1.82) is 0 Å². The highest BCUT2D eigenvalue weighted by atomic mass is 32.1. The largest absolute Gasteiger partial charge is 0.445 e. The average molecular weight is 605 g/mol. The molecule has 0 unspecified atom stereocenters. The van der Waals surface area contributed by atoms with Gasteiger partial charge in [-0.25, -0.2) is 9.78 Å². The fourth-order valence-corrected chi connectivity index (χ4v) is 5.47. The molecular weight excluding hydrogens is 568 g/mol. The molecule has 2 aromatic carbocycles. The Bertz CT molecular complexity index is 1430. The first-order chi connectivity index (χ1) is 20.8. The van der Waals surface area contributed by atoms with Gasteiger partial charge in [-0.2, -0.15) is 0 Å². The fourth-order valence-electron chi connectivity index (χ4n) is 4.74. The van der Waals surface area contributed by atoms with Crippen molar-refractivity contribution >= 4 is 29.2 Å². The summed E-state index contributed by atoms with van der Waals surface area (Å²) < 4.78 is 5.49. The van der Waals surface area contributed by atoms with Crippen molar-refractivity contribution in [2.24, 2.45) is 0 Å². The van der Waals surface area contributed by atoms with Crippen LogP contribution in [-0.4, -0.2) is 74.7 Å². The van der Waals surface area contributed by atoms with E-state index in [4.69, 9.17) is 4.74 Å². The number of thiazole rings is 1. The first kappa shape index (κ1) is 31.6. The van der Waals surface area contributed by atoms with E-state index < -0.39 is 36.2 Å². The van der Waals surface area contributed by atoms with Gasteiger partial charge in [0.2, 0.25) is 0 Å². The molecule has 1 aromatic heterocycles. The van der Waals surface area contributed by atoms with Gasteiger partial charge in [-0.1, -0.05) is 79.4 Å². The number of piperazine rings is 1. The lowest BCUT2D eigenvalue weighted by molar-refractivity contribution is -0.156. The number of nitrogens with one attached hydrogen (secondary N) is 1. The summed E-state index contributed by atoms with van der Waals surface area (Å²) in [5.41, 5.74) is 3.30. The molecule has 0 radical (unpaired) electrons. The van der Waals surface area contributed by atoms with Crippen LogP contribution in [-0.2, 0) is 33.9 Å². The number of nitrogens with zero attached hydrogens (tertiary/aromatic N) is 3. The Hall–Kier alpha value is -4.32. The molecule has 0 aliphatic carbocycles. The highest BCUT2D eigenvalue weighted by molar-refractivity contribution is 7.09. The second kappa shape index (κ2) is 15.2. The zero-order valence-electron chi connectivity index (χ0n) is 24.0. The van der Waals surface area contributed by atoms with Crippen LogP contribution in [0.5, 0.6) is 0 Å². The van der Waals surface area contributed by atoms with E-state index in [0.717, 1.165) is 22.4 Å². The minimum atomic E-state index is -2.00. The lowest BCUT2D eigenvalue weighted by Crippen LogP contribution is -2.57. The third-order valence-corrected chi connectivity index (χ3v) is 7.85. The van der Waals surface area contributed by atoms with Gasteiger partial charge in [0.25, 0.3) is 11.8 Å². The summed E-state index contributed by atoms with van der Waals surface area (Å²) in [6.07, 6.45) is -0.146. The lowest BCUT2D eigenvalue weighted by atomic mass is 10.0. The number of allylic oxidation sites excluding steroid dienone is 3. The molecule has 0 bridgehead atoms. The number of benzene rings is 2. The minimum absolute atomic E-state index is 0.0357. The van der Waals surface area contributed by atoms with E-state index in [0.29, 0.717) is 11.4 Å². The van der Waals surface area contributed by atoms with E-state index in [1.54, 1.807) is 0 Å². The number of ether oxygens (including phenoxy) is 1. The molecule has 226 valence electrons. The Morgan fingerprint density at radius 3 is 2.49 bits per heavy atom. The van der Waals surface area contributed by atoms with Crippen molar-refractivity contribution < 1.29 is 29.3 Å². The van der Waals surface area contributed by atoms with Crippen molar-refractivity contribution in [2.75, 3.05) is 19.6 Å². The molecule has 4 rings (SSSR count). The zero-order valence-corrected chi connectivity index (χ0v) is 24.8. The Balaban J connectivity index is 1.36. The maximum atomic E-state index is 13.4. The van der Waals surface area contributed by atoms with Crippen molar-refractivity contribution in [3.05, 3.63) is 112 Å². The predicted octanol–water partition coefficient (Wildman–Crippen LogP) is 3.38. The number of carbonyl (C=O) groups is 3. The fraction of sp³-hybridized carbons (Fsp3) is 0.312. The van der Waals surface area contributed by atoms with E-state index in [1.165, 1.54) is 21.1 Å². The van der Waals surface area contributed by atoms with Crippen molar-refractivity contribution in [3.8, 4) is 0 Å². The standard InChI is InChI=1S/C32H36N4O6S/c1-3-10-22(2)17-25-21-43-27(34-25)18-33-30(39)28(37)29(38)31(40)36-16-15-35(19-26(36)24-13-8-5-9-14-24)32(41)42-20-23-11-6-4-7-12-23/h3-14,21,26,28-29,37-38H,2,15-20H2,1H3,(H,33,39)/t26-,28-,29-/m1/s1. The van der Waals surface area contributed by atoms with Crippen LogP contribution in [0.15, 0.2) is 90.3 Å². The van der Waals surface area contributed by atoms with Gasteiger partial charge in [-0.05, 0) is 23.6 Å². The van der Waals surface area contributed by atoms with Gasteiger partial charge in [0.15, 0.2) is 12.2 Å². The third kappa shape index (κ3) is 8.60. The average Bonchev–Trinajstić information content (AvgIpc) is 3.49. The lowest BCUT2D eigenvalue weighted by Gasteiger charge is -2.42. The molecule has 3 atom stereocenters. The summed E-state index contributed by atoms with van der Waals surface area (Å²) in [6.45, 7) is 6.37. The molecule has 3 N–H and O–H groups in total. The van der Waals surface area contributed by atoms with Gasteiger partial charge in [0.05, 0.1) is 18.3 Å². The molecule has 1 saturated heterocycles. The number of carbonyl (C=O) groups excluding carboxylic acids is 3. The van der Waals surface area contributed by atoms with Crippen LogP contribution in [0, 0.1) is 0 Å². The first-order valence-corrected chi connectivity index (χ1v) is 14.8. The van der Waals surface area contributed by atoms with E-state index in [-0.39, 0.29) is 32.8 Å². The summed E-state index contributed by atoms with van der Waals surface area (Å²) >= 11 is 1.35. The molecule has 3 aromatic rings. The summed E-state index contributed by atoms with van der Waals surface area (Å²) in [6, 6.07) is 17.8. The summed E-state index contributed by atoms with van der Waals surface area (Å²) in [5.74, 6) is -1.71. The van der Waals surface area contributed by atoms with Crippen LogP contribution in [0.2, 0.25) is 0 Å². The second-order valence-corrected chi connectivity index (χ2v) is 11.1. The van der Waals surface area contributed by atoms with Crippen LogP contribution in [0.3, 0.4) is 0 Å². The molecule has 43 heavy (non-hydrogen) atoms. The van der Waals surface area contributed by atoms with Gasteiger partial charge in [0.1, 0.15) is 11.6 Å². The van der Waals surface area contributed by atoms with Crippen LogP contribution in [0.4, 0.5) is 4.79 Å². The highest BCUT2D eigenvalue weighted by Crippen LogP contribution is 2.27. The molecule has 3 amide bonds. The molecule has 2 heterocycles. The van der Waals surface area contributed by atoms with Crippen molar-refractivity contribution in [2.45, 2.75) is 44.7 Å². The quantitative estimate of drug-likeness (QED) is 0.286. The summed E-state index contributed by atoms with van der Waals surface area (Å²) in [4.78, 5) is 46.4. The number of aliphatic hydroxyl groups excluding tert-OH is 2. The van der Waals surface area contributed by atoms with Crippen molar-refractivity contribution in [1.82, 2.24) is 20.1 Å². The number of amides is 3. The number of hydrogen-bond acceptors (Lipinski definition) is 8. The molecule has 1 aliphatic rings. The molecule has 10 nitrogen and oxygen atoms in total. The minimum Gasteiger partial charge on any atom is -0.445 e. The molecule has 0 saturated carbocycles. The topological polar surface area (TPSA) is 132 Å². The molecule has 1 fully saturated rings. The molecule has 1 aliphatic heterocycles. The van der Waals surface area contributed by atoms with E-state index in [2.05, 4.69) is 16.9 Å². The van der Waals surface area contributed by atoms with Gasteiger partial charge in [0, 0.05) is 31.4 Å². The summed E-state index contributed by atoms with van der Waals surface area (Å²) in [7, 11) is 0. The molecular formula is C32H36N4O6S. The summed E-state index contributed by atoms with van der Waals surface area (Å²) in [5, 5.41) is 26.4. The number of aromatic nitrogens is 1. The SMILES string of the molecule is C=C(C=CC)Cc1csc(CNC(=O)[C@H](O)[C@@H](O)C(=O)N2CCN(C(=O)OCc3ccccc3)C[C@@H]2c2ccccc2)n1. The first-order valence-electron chi connectivity index (χ1n) is 14.0. The Morgan fingerprint density at radius 1 is 1.09 bits per heavy atom. The van der Waals surface area contributed by atoms with Crippen molar-refractivity contribution in [3.63, 3.8) is 0 Å². The molecule has 11 heteroatoms. The van der Waals surface area contributed by atoms with Gasteiger partial charge in [-0.3, -0.25) is 9.59 Å². The van der Waals surface area contributed by atoms with Crippen LogP contribution < -0.4 is 5.32 Å². The monoisotopic (exact) mass is 604 g/mol. The predicted molar refractivity (Wildman–Crippen MR) is 163 cm³/mol. The molecule has 0 spiro atoms. The Kier molecular flexibility index (Phi) is 11.2. The van der Waals surface area contributed by atoms with Gasteiger partial charge in [-0.15, -0.1) is 11.3 Å². The van der Waals surface area contributed by atoms with E-state index in [9.17, 15) is 24.6 Å². The van der Waals surface area contributed by atoms with Gasteiger partial charge >= 0.3 is 6.09 Å². The normalized spacial score (nSPS) is 16.5. The smallest absolute Gasteiger partial charge is 0.410 e. The van der Waals surface area contributed by atoms with Crippen LogP contribution in [0.25, 0.3) is 0 Å². The highest BCUT2D eigenvalue weighted by Gasteiger charge is 2.40. The number of aliphatic hydroxyl groups is 2. The maximum absolute atomic E-state index is 13.4.